The highest BCUT2D eigenvalue weighted by Crippen LogP contribution is 2.28. The highest BCUT2D eigenvalue weighted by molar-refractivity contribution is 6.30. The first-order valence-electron chi connectivity index (χ1n) is 10.6. The number of likely N-dealkylation sites (tertiary alicyclic amines) is 1. The highest BCUT2D eigenvalue weighted by Gasteiger charge is 2.30. The summed E-state index contributed by atoms with van der Waals surface area (Å²) < 4.78 is 0. The minimum atomic E-state index is -0.146. The van der Waals surface area contributed by atoms with Crippen LogP contribution in [-0.2, 0) is 11.3 Å². The Morgan fingerprint density at radius 1 is 1.03 bits per heavy atom. The molecule has 0 radical (unpaired) electrons. The molecule has 2 heterocycles. The Kier molecular flexibility index (Phi) is 6.40. The third kappa shape index (κ3) is 4.68. The monoisotopic (exact) mass is 425 g/mol. The highest BCUT2D eigenvalue weighted by atomic mass is 35.5. The molecule has 0 unspecified atom stereocenters. The number of piperidine rings is 1. The summed E-state index contributed by atoms with van der Waals surface area (Å²) in [6, 6.07) is 14.8. The summed E-state index contributed by atoms with van der Waals surface area (Å²) in [6.45, 7) is 3.46. The molecule has 5 nitrogen and oxygen atoms in total. The van der Waals surface area contributed by atoms with Crippen molar-refractivity contribution >= 4 is 29.1 Å². The molecule has 2 aliphatic heterocycles. The molecule has 2 aromatic rings. The largest absolute Gasteiger partial charge is 0.325 e. The molecule has 0 aromatic heterocycles. The Hall–Kier alpha value is -2.37. The van der Waals surface area contributed by atoms with Crippen LogP contribution in [0.4, 0.5) is 5.69 Å². The molecule has 0 N–H and O–H groups in total. The standard InChI is InChI=1S/C24H28ClN3O2/c1-26-13-10-18(11-14-26)12-15-28-22-5-3-2-4-20(22)16-27(17-23(28)29)24(30)19-6-8-21(25)9-7-19/h2-9,18H,10-17H2,1H3. The molecule has 0 bridgehead atoms. The van der Waals surface area contributed by atoms with E-state index in [9.17, 15) is 9.59 Å². The smallest absolute Gasteiger partial charge is 0.254 e. The molecule has 0 aliphatic carbocycles. The Labute approximate surface area is 183 Å². The minimum absolute atomic E-state index is 0.0183. The van der Waals surface area contributed by atoms with Crippen molar-refractivity contribution in [2.24, 2.45) is 5.92 Å². The second-order valence-electron chi connectivity index (χ2n) is 8.38. The van der Waals surface area contributed by atoms with E-state index in [4.69, 9.17) is 11.6 Å². The van der Waals surface area contributed by atoms with Crippen molar-refractivity contribution in [2.75, 3.05) is 38.1 Å². The van der Waals surface area contributed by atoms with Gasteiger partial charge in [0.15, 0.2) is 0 Å². The second kappa shape index (κ2) is 9.19. The number of carbonyl (C=O) groups excluding carboxylic acids is 2. The van der Waals surface area contributed by atoms with E-state index in [-0.39, 0.29) is 18.4 Å². The Bertz CT molecular complexity index is 907. The zero-order valence-electron chi connectivity index (χ0n) is 17.4. The Morgan fingerprint density at radius 3 is 2.47 bits per heavy atom. The fraction of sp³-hybridized carbons (Fsp3) is 0.417. The summed E-state index contributed by atoms with van der Waals surface area (Å²) in [5, 5.41) is 0.587. The van der Waals surface area contributed by atoms with Crippen LogP contribution in [0.15, 0.2) is 48.5 Å². The lowest BCUT2D eigenvalue weighted by Crippen LogP contribution is -2.41. The number of nitrogens with zero attached hydrogens (tertiary/aromatic N) is 3. The third-order valence-corrected chi connectivity index (χ3v) is 6.50. The fourth-order valence-corrected chi connectivity index (χ4v) is 4.50. The molecule has 4 rings (SSSR count). The summed E-state index contributed by atoms with van der Waals surface area (Å²) in [5.41, 5.74) is 2.49. The molecule has 1 saturated heterocycles. The normalized spacial score (nSPS) is 18.3. The number of fused-ring (bicyclic) bond motifs is 1. The number of benzene rings is 2. The van der Waals surface area contributed by atoms with Gasteiger partial charge in [0.1, 0.15) is 6.54 Å². The summed E-state index contributed by atoms with van der Waals surface area (Å²) in [7, 11) is 2.16. The molecule has 0 saturated carbocycles. The van der Waals surface area contributed by atoms with Gasteiger partial charge in [-0.3, -0.25) is 9.59 Å². The number of hydrogen-bond acceptors (Lipinski definition) is 3. The molecule has 1 fully saturated rings. The summed E-state index contributed by atoms with van der Waals surface area (Å²) in [4.78, 5) is 32.2. The second-order valence-corrected chi connectivity index (χ2v) is 8.81. The van der Waals surface area contributed by atoms with Crippen LogP contribution < -0.4 is 4.90 Å². The number of hydrogen-bond donors (Lipinski definition) is 0. The van der Waals surface area contributed by atoms with E-state index in [1.165, 1.54) is 12.8 Å². The number of halogens is 1. The molecule has 6 heteroatoms. The van der Waals surface area contributed by atoms with E-state index in [2.05, 4.69) is 11.9 Å². The van der Waals surface area contributed by atoms with Crippen LogP contribution in [0.25, 0.3) is 0 Å². The van der Waals surface area contributed by atoms with Gasteiger partial charge in [0.25, 0.3) is 5.91 Å². The number of rotatable bonds is 4. The van der Waals surface area contributed by atoms with Crippen molar-refractivity contribution in [2.45, 2.75) is 25.8 Å². The maximum Gasteiger partial charge on any atom is 0.254 e. The van der Waals surface area contributed by atoms with E-state index in [0.717, 1.165) is 30.8 Å². The van der Waals surface area contributed by atoms with Crippen LogP contribution in [0.2, 0.25) is 5.02 Å². The number of para-hydroxylation sites is 1. The van der Waals surface area contributed by atoms with Crippen molar-refractivity contribution in [3.63, 3.8) is 0 Å². The van der Waals surface area contributed by atoms with Gasteiger partial charge in [0, 0.05) is 29.4 Å². The van der Waals surface area contributed by atoms with E-state index < -0.39 is 0 Å². The maximum absolute atomic E-state index is 13.2. The quantitative estimate of drug-likeness (QED) is 0.741. The van der Waals surface area contributed by atoms with Gasteiger partial charge in [0.2, 0.25) is 5.91 Å². The lowest BCUT2D eigenvalue weighted by molar-refractivity contribution is -0.119. The molecule has 2 aromatic carbocycles. The van der Waals surface area contributed by atoms with Gasteiger partial charge in [0.05, 0.1) is 0 Å². The molecule has 158 valence electrons. The zero-order valence-corrected chi connectivity index (χ0v) is 18.1. The molecule has 2 aliphatic rings. The van der Waals surface area contributed by atoms with Crippen LogP contribution in [-0.4, -0.2) is 54.8 Å². The summed E-state index contributed by atoms with van der Waals surface area (Å²) in [6.07, 6.45) is 3.36. The van der Waals surface area contributed by atoms with Gasteiger partial charge in [-0.15, -0.1) is 0 Å². The van der Waals surface area contributed by atoms with Crippen molar-refractivity contribution < 1.29 is 9.59 Å². The average Bonchev–Trinajstić information content (AvgIpc) is 2.89. The molecular weight excluding hydrogens is 398 g/mol. The van der Waals surface area contributed by atoms with Crippen LogP contribution in [0, 0.1) is 5.92 Å². The van der Waals surface area contributed by atoms with Crippen molar-refractivity contribution in [3.8, 4) is 0 Å². The van der Waals surface area contributed by atoms with Crippen molar-refractivity contribution in [3.05, 3.63) is 64.7 Å². The first-order valence-corrected chi connectivity index (χ1v) is 11.0. The van der Waals surface area contributed by atoms with Crippen molar-refractivity contribution in [1.82, 2.24) is 9.80 Å². The van der Waals surface area contributed by atoms with Gasteiger partial charge in [-0.1, -0.05) is 29.8 Å². The van der Waals surface area contributed by atoms with Gasteiger partial charge in [-0.25, -0.2) is 0 Å². The Morgan fingerprint density at radius 2 is 1.73 bits per heavy atom. The SMILES string of the molecule is CN1CCC(CCN2C(=O)CN(C(=O)c3ccc(Cl)cc3)Cc3ccccc32)CC1. The van der Waals surface area contributed by atoms with Crippen LogP contribution in [0.5, 0.6) is 0 Å². The predicted octanol–water partition coefficient (Wildman–Crippen LogP) is 4.06. The lowest BCUT2D eigenvalue weighted by Gasteiger charge is -2.31. The summed E-state index contributed by atoms with van der Waals surface area (Å²) >= 11 is 5.96. The minimum Gasteiger partial charge on any atom is -0.325 e. The van der Waals surface area contributed by atoms with Crippen LogP contribution in [0.1, 0.15) is 35.2 Å². The van der Waals surface area contributed by atoms with Crippen LogP contribution >= 0.6 is 11.6 Å². The van der Waals surface area contributed by atoms with E-state index in [1.54, 1.807) is 29.2 Å². The molecule has 2 amide bonds. The molecule has 0 spiro atoms. The van der Waals surface area contributed by atoms with E-state index in [0.29, 0.717) is 29.6 Å². The number of amides is 2. The number of anilines is 1. The zero-order chi connectivity index (χ0) is 21.1. The van der Waals surface area contributed by atoms with E-state index in [1.807, 2.05) is 29.2 Å². The summed E-state index contributed by atoms with van der Waals surface area (Å²) in [5.74, 6) is 0.485. The van der Waals surface area contributed by atoms with E-state index >= 15 is 0 Å². The topological polar surface area (TPSA) is 43.9 Å². The van der Waals surface area contributed by atoms with Gasteiger partial charge < -0.3 is 14.7 Å². The number of carbonyl (C=O) groups is 2. The Balaban J connectivity index is 1.52. The first-order chi connectivity index (χ1) is 14.5. The van der Waals surface area contributed by atoms with Gasteiger partial charge in [-0.05, 0) is 81.2 Å². The predicted molar refractivity (Wildman–Crippen MR) is 120 cm³/mol. The van der Waals surface area contributed by atoms with Crippen molar-refractivity contribution in [1.29, 1.82) is 0 Å². The van der Waals surface area contributed by atoms with Gasteiger partial charge in [-0.2, -0.15) is 0 Å². The van der Waals surface area contributed by atoms with Crippen LogP contribution in [0.3, 0.4) is 0 Å². The average molecular weight is 426 g/mol. The first kappa shape index (κ1) is 20.9. The molecular formula is C24H28ClN3O2. The molecule has 30 heavy (non-hydrogen) atoms. The van der Waals surface area contributed by atoms with Gasteiger partial charge >= 0.3 is 0 Å². The fourth-order valence-electron chi connectivity index (χ4n) is 4.38. The lowest BCUT2D eigenvalue weighted by atomic mass is 9.93. The third-order valence-electron chi connectivity index (χ3n) is 6.25. The molecule has 0 atom stereocenters. The maximum atomic E-state index is 13.2.